The number of halogens is 1. The predicted octanol–water partition coefficient (Wildman–Crippen LogP) is 4.76. The third-order valence-corrected chi connectivity index (χ3v) is 8.06. The lowest BCUT2D eigenvalue weighted by atomic mass is 10.1. The number of carbonyl (C=O) groups excluding carboxylic acids is 2. The molecule has 0 saturated carbocycles. The Labute approximate surface area is 247 Å². The summed E-state index contributed by atoms with van der Waals surface area (Å²) in [5.74, 6) is -0.535. The first-order valence-corrected chi connectivity index (χ1v) is 14.9. The molecule has 0 fully saturated rings. The van der Waals surface area contributed by atoms with Gasteiger partial charge in [0.1, 0.15) is 29.9 Å². The summed E-state index contributed by atoms with van der Waals surface area (Å²) in [6.07, 6.45) is 0. The van der Waals surface area contributed by atoms with Crippen LogP contribution in [0.3, 0.4) is 0 Å². The Morgan fingerprint density at radius 1 is 0.976 bits per heavy atom. The van der Waals surface area contributed by atoms with Crippen LogP contribution >= 0.6 is 0 Å². The van der Waals surface area contributed by atoms with Gasteiger partial charge in [-0.3, -0.25) is 13.9 Å². The summed E-state index contributed by atoms with van der Waals surface area (Å²) >= 11 is 0. The van der Waals surface area contributed by atoms with Crippen LogP contribution in [-0.4, -0.2) is 57.0 Å². The van der Waals surface area contributed by atoms with Crippen molar-refractivity contribution in [3.8, 4) is 11.5 Å². The molecule has 0 saturated heterocycles. The van der Waals surface area contributed by atoms with E-state index in [9.17, 15) is 22.4 Å². The van der Waals surface area contributed by atoms with E-state index in [0.29, 0.717) is 23.7 Å². The van der Waals surface area contributed by atoms with Crippen LogP contribution in [-0.2, 0) is 26.2 Å². The van der Waals surface area contributed by atoms with Gasteiger partial charge in [0.05, 0.1) is 24.3 Å². The second-order valence-corrected chi connectivity index (χ2v) is 12.5. The zero-order valence-electron chi connectivity index (χ0n) is 24.8. The van der Waals surface area contributed by atoms with Crippen LogP contribution in [0.2, 0.25) is 0 Å². The van der Waals surface area contributed by atoms with Gasteiger partial charge in [0.25, 0.3) is 10.0 Å². The molecular weight excluding hydrogens is 561 g/mol. The molecular formula is C31H38FN3O6S. The number of methoxy groups -OCH3 is 1. The summed E-state index contributed by atoms with van der Waals surface area (Å²) in [7, 11) is -2.78. The number of sulfonamides is 1. The highest BCUT2D eigenvalue weighted by Crippen LogP contribution is 2.26. The normalized spacial score (nSPS) is 12.3. The Kier molecular flexibility index (Phi) is 10.6. The second-order valence-electron chi connectivity index (χ2n) is 10.7. The average molecular weight is 600 g/mol. The molecule has 9 nitrogen and oxygen atoms in total. The van der Waals surface area contributed by atoms with Crippen molar-refractivity contribution in [3.63, 3.8) is 0 Å². The molecule has 3 aromatic rings. The lowest BCUT2D eigenvalue weighted by Crippen LogP contribution is -2.54. The maximum Gasteiger partial charge on any atom is 0.264 e. The minimum atomic E-state index is -4.30. The van der Waals surface area contributed by atoms with Crippen molar-refractivity contribution < 1.29 is 31.9 Å². The van der Waals surface area contributed by atoms with Gasteiger partial charge in [0, 0.05) is 12.1 Å². The molecule has 1 N–H and O–H groups in total. The summed E-state index contributed by atoms with van der Waals surface area (Å²) in [5.41, 5.74) is 0.209. The van der Waals surface area contributed by atoms with E-state index in [1.54, 1.807) is 31.2 Å². The molecule has 2 amide bonds. The van der Waals surface area contributed by atoms with Crippen molar-refractivity contribution in [1.29, 1.82) is 0 Å². The van der Waals surface area contributed by atoms with Gasteiger partial charge in [-0.25, -0.2) is 12.8 Å². The van der Waals surface area contributed by atoms with Gasteiger partial charge in [0.15, 0.2) is 0 Å². The monoisotopic (exact) mass is 599 g/mol. The van der Waals surface area contributed by atoms with Crippen LogP contribution in [0.4, 0.5) is 10.1 Å². The van der Waals surface area contributed by atoms with E-state index in [0.717, 1.165) is 16.4 Å². The van der Waals surface area contributed by atoms with E-state index in [1.807, 2.05) is 27.7 Å². The smallest absolute Gasteiger partial charge is 0.264 e. The standard InChI is InChI=1S/C31H38FN3O6S/c1-7-41-26-15-17-28(18-16-26)42(38,39)35(25-13-11-24(32)12-14-25)21-29(36)34(22(2)30(37)33-31(3,4)5)20-23-9-8-10-27(19-23)40-6/h8-19,22H,7,20-21H2,1-6H3,(H,33,37). The fourth-order valence-corrected chi connectivity index (χ4v) is 5.58. The first-order valence-electron chi connectivity index (χ1n) is 13.5. The van der Waals surface area contributed by atoms with Crippen LogP contribution in [0.15, 0.2) is 77.7 Å². The SMILES string of the molecule is CCOc1ccc(S(=O)(=O)N(CC(=O)N(Cc2cccc(OC)c2)C(C)C(=O)NC(C)(C)C)c2ccc(F)cc2)cc1. The highest BCUT2D eigenvalue weighted by molar-refractivity contribution is 7.92. The van der Waals surface area contributed by atoms with Gasteiger partial charge in [-0.1, -0.05) is 12.1 Å². The molecule has 42 heavy (non-hydrogen) atoms. The molecule has 0 aliphatic rings. The molecule has 0 spiro atoms. The quantitative estimate of drug-likeness (QED) is 0.322. The van der Waals surface area contributed by atoms with Gasteiger partial charge in [0.2, 0.25) is 11.8 Å². The van der Waals surface area contributed by atoms with Crippen molar-refractivity contribution in [2.75, 3.05) is 24.6 Å². The number of hydrogen-bond acceptors (Lipinski definition) is 6. The molecule has 0 heterocycles. The van der Waals surface area contributed by atoms with Crippen molar-refractivity contribution >= 4 is 27.5 Å². The molecule has 0 aromatic heterocycles. The van der Waals surface area contributed by atoms with Crippen LogP contribution in [0.25, 0.3) is 0 Å². The largest absolute Gasteiger partial charge is 0.497 e. The van der Waals surface area contributed by atoms with E-state index < -0.39 is 45.8 Å². The molecule has 0 aliphatic carbocycles. The molecule has 3 aromatic carbocycles. The number of nitrogens with one attached hydrogen (secondary N) is 1. The molecule has 1 unspecified atom stereocenters. The number of benzene rings is 3. The van der Waals surface area contributed by atoms with Crippen LogP contribution < -0.4 is 19.1 Å². The number of hydrogen-bond donors (Lipinski definition) is 1. The van der Waals surface area contributed by atoms with Gasteiger partial charge >= 0.3 is 0 Å². The van der Waals surface area contributed by atoms with Gasteiger partial charge < -0.3 is 19.7 Å². The summed E-state index contributed by atoms with van der Waals surface area (Å²) in [6.45, 7) is 8.65. The Morgan fingerprint density at radius 3 is 2.19 bits per heavy atom. The van der Waals surface area contributed by atoms with Gasteiger partial charge in [-0.2, -0.15) is 0 Å². The molecule has 1 atom stereocenters. The first kappa shape index (κ1) is 32.4. The van der Waals surface area contributed by atoms with E-state index >= 15 is 0 Å². The number of nitrogens with zero attached hydrogens (tertiary/aromatic N) is 2. The molecule has 226 valence electrons. The summed E-state index contributed by atoms with van der Waals surface area (Å²) in [6, 6.07) is 16.7. The van der Waals surface area contributed by atoms with E-state index in [1.165, 1.54) is 48.4 Å². The lowest BCUT2D eigenvalue weighted by Gasteiger charge is -2.33. The number of anilines is 1. The number of carbonyl (C=O) groups is 2. The highest BCUT2D eigenvalue weighted by Gasteiger charge is 2.33. The van der Waals surface area contributed by atoms with Crippen molar-refractivity contribution in [3.05, 3.63) is 84.2 Å². The predicted molar refractivity (Wildman–Crippen MR) is 159 cm³/mol. The summed E-state index contributed by atoms with van der Waals surface area (Å²) in [4.78, 5) is 28.4. The molecule has 3 rings (SSSR count). The topological polar surface area (TPSA) is 105 Å². The van der Waals surface area contributed by atoms with Crippen LogP contribution in [0.1, 0.15) is 40.2 Å². The molecule has 0 bridgehead atoms. The zero-order valence-corrected chi connectivity index (χ0v) is 25.6. The third kappa shape index (κ3) is 8.45. The lowest BCUT2D eigenvalue weighted by molar-refractivity contribution is -0.140. The first-order chi connectivity index (χ1) is 19.7. The molecule has 0 radical (unpaired) electrons. The van der Waals surface area contributed by atoms with Gasteiger partial charge in [-0.15, -0.1) is 0 Å². The fourth-order valence-electron chi connectivity index (χ4n) is 4.16. The molecule has 0 aliphatic heterocycles. The Morgan fingerprint density at radius 2 is 1.62 bits per heavy atom. The van der Waals surface area contributed by atoms with Crippen molar-refractivity contribution in [2.45, 2.75) is 57.6 Å². The van der Waals surface area contributed by atoms with E-state index in [-0.39, 0.29) is 17.1 Å². The summed E-state index contributed by atoms with van der Waals surface area (Å²) in [5, 5.41) is 2.88. The van der Waals surface area contributed by atoms with Crippen molar-refractivity contribution in [2.24, 2.45) is 0 Å². The minimum Gasteiger partial charge on any atom is -0.497 e. The molecule has 11 heteroatoms. The zero-order chi connectivity index (χ0) is 31.1. The Bertz CT molecular complexity index is 1470. The highest BCUT2D eigenvalue weighted by atomic mass is 32.2. The third-order valence-electron chi connectivity index (χ3n) is 6.27. The maximum absolute atomic E-state index is 14.0. The fraction of sp³-hybridized carbons (Fsp3) is 0.355. The van der Waals surface area contributed by atoms with E-state index in [2.05, 4.69) is 5.32 Å². The van der Waals surface area contributed by atoms with E-state index in [4.69, 9.17) is 9.47 Å². The average Bonchev–Trinajstić information content (AvgIpc) is 2.94. The second kappa shape index (κ2) is 13.7. The van der Waals surface area contributed by atoms with Gasteiger partial charge in [-0.05, 0) is 101 Å². The van der Waals surface area contributed by atoms with Crippen LogP contribution in [0.5, 0.6) is 11.5 Å². The summed E-state index contributed by atoms with van der Waals surface area (Å²) < 4.78 is 53.3. The minimum absolute atomic E-state index is 0.00905. The maximum atomic E-state index is 14.0. The number of ether oxygens (including phenoxy) is 2. The van der Waals surface area contributed by atoms with Crippen LogP contribution in [0, 0.1) is 5.82 Å². The Balaban J connectivity index is 2.03. The number of amides is 2. The van der Waals surface area contributed by atoms with Crippen molar-refractivity contribution in [1.82, 2.24) is 10.2 Å². The Hall–Kier alpha value is -4.12. The number of rotatable bonds is 12.